The molecule has 0 radical (unpaired) electrons. The van der Waals surface area contributed by atoms with Crippen molar-refractivity contribution < 1.29 is 9.59 Å². The van der Waals surface area contributed by atoms with Crippen molar-refractivity contribution in [3.8, 4) is 0 Å². The molecule has 0 heterocycles. The molecule has 5 heteroatoms. The zero-order chi connectivity index (χ0) is 14.6. The predicted molar refractivity (Wildman–Crippen MR) is 75.9 cm³/mol. The first-order valence-electron chi connectivity index (χ1n) is 6.14. The van der Waals surface area contributed by atoms with Gasteiger partial charge in [-0.15, -0.1) is 0 Å². The Morgan fingerprint density at radius 2 is 1.89 bits per heavy atom. The first kappa shape index (κ1) is 15.2. The molecule has 0 aliphatic rings. The van der Waals surface area contributed by atoms with Gasteiger partial charge in [0.2, 0.25) is 5.91 Å². The molecule has 0 aliphatic carbocycles. The molecule has 1 aromatic rings. The van der Waals surface area contributed by atoms with Gasteiger partial charge in [0.1, 0.15) is 0 Å². The van der Waals surface area contributed by atoms with Gasteiger partial charge in [-0.1, -0.05) is 26.8 Å². The van der Waals surface area contributed by atoms with E-state index < -0.39 is 6.04 Å². The van der Waals surface area contributed by atoms with Gasteiger partial charge in [-0.2, -0.15) is 0 Å². The number of benzene rings is 1. The van der Waals surface area contributed by atoms with Crippen LogP contribution in [0.25, 0.3) is 0 Å². The third kappa shape index (κ3) is 4.06. The number of carbonyl (C=O) groups excluding carboxylic acids is 2. The smallest absolute Gasteiger partial charge is 0.251 e. The largest absolute Gasteiger partial charge is 0.355 e. The molecule has 1 aromatic carbocycles. The maximum Gasteiger partial charge on any atom is 0.251 e. The van der Waals surface area contributed by atoms with Crippen LogP contribution in [0.2, 0.25) is 0 Å². The van der Waals surface area contributed by atoms with Crippen LogP contribution in [-0.4, -0.2) is 24.9 Å². The van der Waals surface area contributed by atoms with Crippen LogP contribution < -0.4 is 16.4 Å². The van der Waals surface area contributed by atoms with E-state index in [0.717, 1.165) is 0 Å². The zero-order valence-electron chi connectivity index (χ0n) is 11.8. The summed E-state index contributed by atoms with van der Waals surface area (Å²) in [7, 11) is 1.56. The Balaban J connectivity index is 2.83. The van der Waals surface area contributed by atoms with Crippen molar-refractivity contribution in [3.05, 3.63) is 29.8 Å². The van der Waals surface area contributed by atoms with Crippen molar-refractivity contribution >= 4 is 17.5 Å². The standard InChI is InChI=1S/C14H21N3O2/c1-14(2,3)11(15)13(19)17-10-7-5-6-9(8-10)12(18)16-4/h5-8,11H,15H2,1-4H3,(H,16,18)(H,17,19)/t11-/m0/s1. The average Bonchev–Trinajstić information content (AvgIpc) is 2.36. The molecule has 0 spiro atoms. The molecule has 0 aliphatic heterocycles. The molecular formula is C14H21N3O2. The van der Waals surface area contributed by atoms with Crippen molar-refractivity contribution in [2.45, 2.75) is 26.8 Å². The fraction of sp³-hybridized carbons (Fsp3) is 0.429. The van der Waals surface area contributed by atoms with Crippen molar-refractivity contribution in [3.63, 3.8) is 0 Å². The fourth-order valence-corrected chi connectivity index (χ4v) is 1.50. The molecular weight excluding hydrogens is 242 g/mol. The van der Waals surface area contributed by atoms with Crippen LogP contribution in [0.15, 0.2) is 24.3 Å². The first-order chi connectivity index (χ1) is 8.75. The number of amides is 2. The molecule has 0 bridgehead atoms. The summed E-state index contributed by atoms with van der Waals surface area (Å²) in [4.78, 5) is 23.5. The summed E-state index contributed by atoms with van der Waals surface area (Å²) >= 11 is 0. The Kier molecular flexibility index (Phi) is 4.67. The normalized spacial score (nSPS) is 12.7. The van der Waals surface area contributed by atoms with E-state index in [-0.39, 0.29) is 17.2 Å². The van der Waals surface area contributed by atoms with Gasteiger partial charge in [0.25, 0.3) is 5.91 Å². The molecule has 4 N–H and O–H groups in total. The summed E-state index contributed by atoms with van der Waals surface area (Å²) < 4.78 is 0. The lowest BCUT2D eigenvalue weighted by molar-refractivity contribution is -0.119. The fourth-order valence-electron chi connectivity index (χ4n) is 1.50. The highest BCUT2D eigenvalue weighted by molar-refractivity contribution is 5.98. The Morgan fingerprint density at radius 3 is 2.42 bits per heavy atom. The highest BCUT2D eigenvalue weighted by Gasteiger charge is 2.27. The third-order valence-electron chi connectivity index (χ3n) is 2.83. The van der Waals surface area contributed by atoms with E-state index >= 15 is 0 Å². The summed E-state index contributed by atoms with van der Waals surface area (Å²) in [6.07, 6.45) is 0. The van der Waals surface area contributed by atoms with Crippen molar-refractivity contribution in [1.29, 1.82) is 0 Å². The van der Waals surface area contributed by atoms with E-state index in [1.165, 1.54) is 0 Å². The Labute approximate surface area is 113 Å². The maximum atomic E-state index is 12.0. The van der Waals surface area contributed by atoms with Gasteiger partial charge in [-0.25, -0.2) is 0 Å². The van der Waals surface area contributed by atoms with E-state index in [4.69, 9.17) is 5.73 Å². The SMILES string of the molecule is CNC(=O)c1cccc(NC(=O)[C@H](N)C(C)(C)C)c1. The monoisotopic (exact) mass is 263 g/mol. The van der Waals surface area contributed by atoms with Crippen LogP contribution in [-0.2, 0) is 4.79 Å². The zero-order valence-corrected chi connectivity index (χ0v) is 11.8. The Morgan fingerprint density at radius 1 is 1.26 bits per heavy atom. The van der Waals surface area contributed by atoms with Crippen molar-refractivity contribution in [2.24, 2.45) is 11.1 Å². The summed E-state index contributed by atoms with van der Waals surface area (Å²) in [5, 5.41) is 5.26. The van der Waals surface area contributed by atoms with Gasteiger partial charge < -0.3 is 16.4 Å². The number of carbonyl (C=O) groups is 2. The Hall–Kier alpha value is -1.88. The van der Waals surface area contributed by atoms with E-state index in [9.17, 15) is 9.59 Å². The second kappa shape index (κ2) is 5.84. The molecule has 1 atom stereocenters. The van der Waals surface area contributed by atoms with Crippen LogP contribution in [0, 0.1) is 5.41 Å². The van der Waals surface area contributed by atoms with Gasteiger partial charge in [-0.05, 0) is 23.6 Å². The van der Waals surface area contributed by atoms with E-state index in [1.54, 1.807) is 31.3 Å². The lowest BCUT2D eigenvalue weighted by Crippen LogP contribution is -2.45. The number of hydrogen-bond acceptors (Lipinski definition) is 3. The van der Waals surface area contributed by atoms with E-state index in [1.807, 2.05) is 20.8 Å². The molecule has 0 saturated carbocycles. The summed E-state index contributed by atoms with van der Waals surface area (Å²) in [6, 6.07) is 6.11. The number of hydrogen-bond donors (Lipinski definition) is 3. The molecule has 0 aromatic heterocycles. The summed E-state index contributed by atoms with van der Waals surface area (Å²) in [5.41, 5.74) is 6.61. The predicted octanol–water partition coefficient (Wildman–Crippen LogP) is 1.36. The highest BCUT2D eigenvalue weighted by Crippen LogP contribution is 2.19. The van der Waals surface area contributed by atoms with Crippen molar-refractivity contribution in [1.82, 2.24) is 5.32 Å². The molecule has 0 unspecified atom stereocenters. The van der Waals surface area contributed by atoms with Crippen LogP contribution in [0.4, 0.5) is 5.69 Å². The van der Waals surface area contributed by atoms with Crippen LogP contribution in [0.1, 0.15) is 31.1 Å². The maximum absolute atomic E-state index is 12.0. The van der Waals surface area contributed by atoms with Crippen molar-refractivity contribution in [2.75, 3.05) is 12.4 Å². The van der Waals surface area contributed by atoms with E-state index in [2.05, 4.69) is 10.6 Å². The molecule has 2 amide bonds. The van der Waals surface area contributed by atoms with Gasteiger partial charge in [0.15, 0.2) is 0 Å². The third-order valence-corrected chi connectivity index (χ3v) is 2.83. The molecule has 0 fully saturated rings. The number of anilines is 1. The number of nitrogens with one attached hydrogen (secondary N) is 2. The van der Waals surface area contributed by atoms with Crippen LogP contribution >= 0.6 is 0 Å². The topological polar surface area (TPSA) is 84.2 Å². The van der Waals surface area contributed by atoms with Gasteiger partial charge in [0.05, 0.1) is 6.04 Å². The van der Waals surface area contributed by atoms with Crippen LogP contribution in [0.3, 0.4) is 0 Å². The lowest BCUT2D eigenvalue weighted by Gasteiger charge is -2.25. The summed E-state index contributed by atoms with van der Waals surface area (Å²) in [6.45, 7) is 5.70. The second-order valence-electron chi connectivity index (χ2n) is 5.49. The van der Waals surface area contributed by atoms with Gasteiger partial charge in [0, 0.05) is 18.3 Å². The second-order valence-corrected chi connectivity index (χ2v) is 5.49. The molecule has 104 valence electrons. The van der Waals surface area contributed by atoms with Gasteiger partial charge in [-0.3, -0.25) is 9.59 Å². The molecule has 5 nitrogen and oxygen atoms in total. The lowest BCUT2D eigenvalue weighted by atomic mass is 9.87. The molecule has 1 rings (SSSR count). The Bertz CT molecular complexity index is 478. The minimum absolute atomic E-state index is 0.198. The van der Waals surface area contributed by atoms with Gasteiger partial charge >= 0.3 is 0 Å². The number of rotatable bonds is 3. The average molecular weight is 263 g/mol. The van der Waals surface area contributed by atoms with E-state index in [0.29, 0.717) is 11.3 Å². The first-order valence-corrected chi connectivity index (χ1v) is 6.14. The quantitative estimate of drug-likeness (QED) is 0.769. The highest BCUT2D eigenvalue weighted by atomic mass is 16.2. The minimum atomic E-state index is -0.615. The summed E-state index contributed by atoms with van der Waals surface area (Å²) in [5.74, 6) is -0.460. The molecule has 0 saturated heterocycles. The minimum Gasteiger partial charge on any atom is -0.355 e. The van der Waals surface area contributed by atoms with Crippen LogP contribution in [0.5, 0.6) is 0 Å². The molecule has 19 heavy (non-hydrogen) atoms. The number of nitrogens with two attached hydrogens (primary N) is 1.